The number of hydrogen-bond acceptors (Lipinski definition) is 2. The third-order valence-corrected chi connectivity index (χ3v) is 2.44. The average Bonchev–Trinajstić information content (AvgIpc) is 2.07. The molecule has 1 atom stereocenters. The van der Waals surface area contributed by atoms with Crippen LogP contribution in [0.25, 0.3) is 0 Å². The van der Waals surface area contributed by atoms with E-state index in [1.807, 2.05) is 7.05 Å². The second-order valence-corrected chi connectivity index (χ2v) is 3.46. The molecule has 0 aliphatic carbocycles. The van der Waals surface area contributed by atoms with E-state index in [9.17, 15) is 0 Å². The minimum absolute atomic E-state index is 0.956. The average molecular weight is 156 g/mol. The lowest BCUT2D eigenvalue weighted by molar-refractivity contribution is 0.350. The Bertz CT molecular complexity index is 87.6. The second kappa shape index (κ2) is 5.56. The number of nitrogens with one attached hydrogen (secondary N) is 2. The molecule has 1 aliphatic rings. The largest absolute Gasteiger partial charge is 0.320 e. The minimum Gasteiger partial charge on any atom is -0.320 e. The van der Waals surface area contributed by atoms with E-state index in [1.54, 1.807) is 0 Å². The van der Waals surface area contributed by atoms with Crippen molar-refractivity contribution in [3.63, 3.8) is 0 Å². The van der Waals surface area contributed by atoms with Crippen LogP contribution in [0.15, 0.2) is 0 Å². The Morgan fingerprint density at radius 3 is 3.09 bits per heavy atom. The summed E-state index contributed by atoms with van der Waals surface area (Å²) >= 11 is 0. The molecule has 1 fully saturated rings. The lowest BCUT2D eigenvalue weighted by Crippen LogP contribution is -2.30. The molecular weight excluding hydrogens is 136 g/mol. The number of hydrogen-bond donors (Lipinski definition) is 2. The molecule has 0 amide bonds. The van der Waals surface area contributed by atoms with E-state index in [-0.39, 0.29) is 0 Å². The van der Waals surface area contributed by atoms with Gasteiger partial charge in [0.25, 0.3) is 0 Å². The molecule has 0 spiro atoms. The minimum atomic E-state index is 0.956. The molecule has 0 bridgehead atoms. The van der Waals surface area contributed by atoms with Gasteiger partial charge in [-0.15, -0.1) is 0 Å². The summed E-state index contributed by atoms with van der Waals surface area (Å²) in [5.41, 5.74) is 0. The zero-order valence-corrected chi connectivity index (χ0v) is 7.53. The van der Waals surface area contributed by atoms with Crippen molar-refractivity contribution >= 4 is 0 Å². The summed E-state index contributed by atoms with van der Waals surface area (Å²) in [7, 11) is 2.03. The molecule has 1 aliphatic heterocycles. The lowest BCUT2D eigenvalue weighted by atomic mass is 9.95. The predicted molar refractivity (Wildman–Crippen MR) is 48.8 cm³/mol. The van der Waals surface area contributed by atoms with Gasteiger partial charge in [0.15, 0.2) is 0 Å². The summed E-state index contributed by atoms with van der Waals surface area (Å²) in [5, 5.41) is 6.63. The van der Waals surface area contributed by atoms with Crippen molar-refractivity contribution in [3.05, 3.63) is 0 Å². The summed E-state index contributed by atoms with van der Waals surface area (Å²) in [5.74, 6) is 0.956. The summed E-state index contributed by atoms with van der Waals surface area (Å²) in [4.78, 5) is 0. The molecule has 0 aromatic rings. The molecule has 0 aromatic carbocycles. The third-order valence-electron chi connectivity index (χ3n) is 2.44. The topological polar surface area (TPSA) is 24.1 Å². The van der Waals surface area contributed by atoms with Gasteiger partial charge in [0.1, 0.15) is 0 Å². The predicted octanol–water partition coefficient (Wildman–Crippen LogP) is 0.986. The van der Waals surface area contributed by atoms with E-state index in [2.05, 4.69) is 10.6 Å². The van der Waals surface area contributed by atoms with Gasteiger partial charge < -0.3 is 10.6 Å². The first-order chi connectivity index (χ1) is 5.43. The fourth-order valence-corrected chi connectivity index (χ4v) is 1.74. The maximum Gasteiger partial charge on any atom is -0.00205 e. The van der Waals surface area contributed by atoms with Crippen LogP contribution in [-0.2, 0) is 0 Å². The zero-order chi connectivity index (χ0) is 7.94. The number of piperidine rings is 1. The molecule has 2 heteroatoms. The van der Waals surface area contributed by atoms with Gasteiger partial charge >= 0.3 is 0 Å². The van der Waals surface area contributed by atoms with E-state index in [0.717, 1.165) is 5.92 Å². The van der Waals surface area contributed by atoms with E-state index in [0.29, 0.717) is 0 Å². The van der Waals surface area contributed by atoms with Crippen molar-refractivity contribution < 1.29 is 0 Å². The Hall–Kier alpha value is -0.0800. The van der Waals surface area contributed by atoms with Crippen LogP contribution in [0.3, 0.4) is 0 Å². The molecule has 1 rings (SSSR count). The van der Waals surface area contributed by atoms with Crippen LogP contribution in [0.5, 0.6) is 0 Å². The highest BCUT2D eigenvalue weighted by atomic mass is 14.9. The summed E-state index contributed by atoms with van der Waals surface area (Å²) in [6.45, 7) is 3.67. The standard InChI is InChI=1S/C9H20N2/c1-10-6-2-4-9-5-3-7-11-8-9/h9-11H,2-8H2,1H3/t9-/m0/s1. The molecule has 2 N–H and O–H groups in total. The molecule has 0 saturated carbocycles. The van der Waals surface area contributed by atoms with E-state index in [4.69, 9.17) is 0 Å². The number of rotatable bonds is 4. The van der Waals surface area contributed by atoms with Crippen LogP contribution < -0.4 is 10.6 Å². The molecule has 2 nitrogen and oxygen atoms in total. The van der Waals surface area contributed by atoms with Gasteiger partial charge in [0.2, 0.25) is 0 Å². The Balaban J connectivity index is 1.96. The second-order valence-electron chi connectivity index (χ2n) is 3.46. The molecular formula is C9H20N2. The summed E-state index contributed by atoms with van der Waals surface area (Å²) < 4.78 is 0. The van der Waals surface area contributed by atoms with Crippen molar-refractivity contribution in [2.24, 2.45) is 5.92 Å². The molecule has 0 aromatic heterocycles. The Kier molecular flexibility index (Phi) is 4.55. The quantitative estimate of drug-likeness (QED) is 0.593. The van der Waals surface area contributed by atoms with Gasteiger partial charge in [-0.3, -0.25) is 0 Å². The van der Waals surface area contributed by atoms with E-state index >= 15 is 0 Å². The van der Waals surface area contributed by atoms with Crippen LogP contribution >= 0.6 is 0 Å². The van der Waals surface area contributed by atoms with Gasteiger partial charge in [-0.25, -0.2) is 0 Å². The van der Waals surface area contributed by atoms with E-state index < -0.39 is 0 Å². The molecule has 1 saturated heterocycles. The van der Waals surface area contributed by atoms with Crippen molar-refractivity contribution in [2.75, 3.05) is 26.7 Å². The normalized spacial score (nSPS) is 25.4. The first kappa shape index (κ1) is 9.01. The van der Waals surface area contributed by atoms with Crippen LogP contribution in [0.4, 0.5) is 0 Å². The zero-order valence-electron chi connectivity index (χ0n) is 7.53. The van der Waals surface area contributed by atoms with Gasteiger partial charge in [0.05, 0.1) is 0 Å². The van der Waals surface area contributed by atoms with E-state index in [1.165, 1.54) is 45.3 Å². The molecule has 66 valence electrons. The summed E-state index contributed by atoms with van der Waals surface area (Å²) in [6, 6.07) is 0. The molecule has 11 heavy (non-hydrogen) atoms. The molecule has 1 heterocycles. The Labute approximate surface area is 69.8 Å². The monoisotopic (exact) mass is 156 g/mol. The van der Waals surface area contributed by atoms with Crippen molar-refractivity contribution in [3.8, 4) is 0 Å². The van der Waals surface area contributed by atoms with Crippen LogP contribution in [-0.4, -0.2) is 26.7 Å². The maximum absolute atomic E-state index is 3.44. The van der Waals surface area contributed by atoms with Crippen molar-refractivity contribution in [2.45, 2.75) is 25.7 Å². The van der Waals surface area contributed by atoms with Crippen LogP contribution in [0.2, 0.25) is 0 Å². The Morgan fingerprint density at radius 2 is 2.45 bits per heavy atom. The van der Waals surface area contributed by atoms with Gasteiger partial charge in [-0.2, -0.15) is 0 Å². The van der Waals surface area contributed by atoms with Gasteiger partial charge in [-0.1, -0.05) is 0 Å². The first-order valence-corrected chi connectivity index (χ1v) is 4.79. The lowest BCUT2D eigenvalue weighted by Gasteiger charge is -2.22. The van der Waals surface area contributed by atoms with Crippen LogP contribution in [0.1, 0.15) is 25.7 Å². The highest BCUT2D eigenvalue weighted by Gasteiger charge is 2.11. The van der Waals surface area contributed by atoms with Crippen LogP contribution in [0, 0.1) is 5.92 Å². The molecule has 0 unspecified atom stereocenters. The summed E-state index contributed by atoms with van der Waals surface area (Å²) in [6.07, 6.45) is 5.55. The van der Waals surface area contributed by atoms with Gasteiger partial charge in [-0.05, 0) is 58.3 Å². The fraction of sp³-hybridized carbons (Fsp3) is 1.00. The maximum atomic E-state index is 3.44. The van der Waals surface area contributed by atoms with Crippen molar-refractivity contribution in [1.82, 2.24) is 10.6 Å². The smallest absolute Gasteiger partial charge is 0.00205 e. The highest BCUT2D eigenvalue weighted by Crippen LogP contribution is 2.14. The first-order valence-electron chi connectivity index (χ1n) is 4.79. The van der Waals surface area contributed by atoms with Crippen molar-refractivity contribution in [1.29, 1.82) is 0 Å². The Morgan fingerprint density at radius 1 is 1.55 bits per heavy atom. The highest BCUT2D eigenvalue weighted by molar-refractivity contribution is 4.68. The van der Waals surface area contributed by atoms with Gasteiger partial charge in [0, 0.05) is 0 Å². The SMILES string of the molecule is CNCCC[C@H]1CCCNC1. The molecule has 0 radical (unpaired) electrons. The third kappa shape index (κ3) is 3.73. The fourth-order valence-electron chi connectivity index (χ4n) is 1.74.